The van der Waals surface area contributed by atoms with Gasteiger partial charge in [-0.15, -0.1) is 0 Å². The molecule has 1 aromatic rings. The van der Waals surface area contributed by atoms with E-state index >= 15 is 0 Å². The molecule has 0 bridgehead atoms. The van der Waals surface area contributed by atoms with Gasteiger partial charge < -0.3 is 5.32 Å². The number of amides is 1. The summed E-state index contributed by atoms with van der Waals surface area (Å²) in [6.45, 7) is 1.29. The number of sulfonamides is 1. The molecule has 1 fully saturated rings. The summed E-state index contributed by atoms with van der Waals surface area (Å²) >= 11 is 0. The number of nitrogens with one attached hydrogen (secondary N) is 1. The molecular weight excluding hydrogens is 328 g/mol. The Morgan fingerprint density at radius 3 is 2.21 bits per heavy atom. The van der Waals surface area contributed by atoms with Crippen molar-refractivity contribution in [2.45, 2.75) is 45.1 Å². The molecule has 0 saturated heterocycles. The molecule has 1 saturated carbocycles. The average Bonchev–Trinajstić information content (AvgIpc) is 2.53. The molecule has 0 radical (unpaired) electrons. The lowest BCUT2D eigenvalue weighted by Gasteiger charge is -2.31. The molecule has 0 unspecified atom stereocenters. The lowest BCUT2D eigenvalue weighted by molar-refractivity contribution is -0.116. The summed E-state index contributed by atoms with van der Waals surface area (Å²) in [4.78, 5) is 23.5. The SMILES string of the molecule is CC(=O)c1ccc(NC(=O)CN(C2CCCCC2)S(C)(=O)=O)cc1. The number of carbonyl (C=O) groups excluding carboxylic acids is 2. The summed E-state index contributed by atoms with van der Waals surface area (Å²) in [6, 6.07) is 6.44. The zero-order valence-corrected chi connectivity index (χ0v) is 14.9. The highest BCUT2D eigenvalue weighted by Gasteiger charge is 2.29. The molecule has 0 aliphatic heterocycles. The van der Waals surface area contributed by atoms with Crippen molar-refractivity contribution in [1.82, 2.24) is 4.31 Å². The van der Waals surface area contributed by atoms with Crippen LogP contribution in [0.4, 0.5) is 5.69 Å². The van der Waals surface area contributed by atoms with Crippen molar-refractivity contribution < 1.29 is 18.0 Å². The maximum atomic E-state index is 12.2. The predicted molar refractivity (Wildman–Crippen MR) is 93.5 cm³/mol. The van der Waals surface area contributed by atoms with Crippen LogP contribution in [-0.2, 0) is 14.8 Å². The first-order valence-electron chi connectivity index (χ1n) is 8.15. The van der Waals surface area contributed by atoms with E-state index in [0.29, 0.717) is 11.3 Å². The molecule has 24 heavy (non-hydrogen) atoms. The quantitative estimate of drug-likeness (QED) is 0.797. The first-order valence-corrected chi connectivity index (χ1v) is 10.00. The van der Waals surface area contributed by atoms with Crippen LogP contribution in [-0.4, -0.2) is 43.3 Å². The zero-order chi connectivity index (χ0) is 17.7. The van der Waals surface area contributed by atoms with Gasteiger partial charge in [-0.2, -0.15) is 4.31 Å². The van der Waals surface area contributed by atoms with Gasteiger partial charge in [-0.05, 0) is 44.0 Å². The third-order valence-corrected chi connectivity index (χ3v) is 5.56. The average molecular weight is 352 g/mol. The smallest absolute Gasteiger partial charge is 0.239 e. The van der Waals surface area contributed by atoms with E-state index < -0.39 is 10.0 Å². The number of Topliss-reactive ketones (excluding diaryl/α,β-unsaturated/α-hetero) is 1. The van der Waals surface area contributed by atoms with E-state index in [1.165, 1.54) is 11.2 Å². The van der Waals surface area contributed by atoms with Crippen LogP contribution in [0.2, 0.25) is 0 Å². The van der Waals surface area contributed by atoms with E-state index in [2.05, 4.69) is 5.32 Å². The van der Waals surface area contributed by atoms with Gasteiger partial charge in [0.05, 0.1) is 12.8 Å². The van der Waals surface area contributed by atoms with Gasteiger partial charge in [-0.3, -0.25) is 9.59 Å². The lowest BCUT2D eigenvalue weighted by atomic mass is 9.95. The Hall–Kier alpha value is -1.73. The van der Waals surface area contributed by atoms with Crippen LogP contribution in [0.1, 0.15) is 49.4 Å². The van der Waals surface area contributed by atoms with E-state index in [4.69, 9.17) is 0 Å². The summed E-state index contributed by atoms with van der Waals surface area (Å²) in [5, 5.41) is 2.69. The van der Waals surface area contributed by atoms with Crippen LogP contribution in [0.5, 0.6) is 0 Å². The van der Waals surface area contributed by atoms with Gasteiger partial charge in [0.15, 0.2) is 5.78 Å². The Kier molecular flexibility index (Phi) is 6.12. The number of carbonyl (C=O) groups is 2. The van der Waals surface area contributed by atoms with Crippen molar-refractivity contribution in [1.29, 1.82) is 0 Å². The van der Waals surface area contributed by atoms with Gasteiger partial charge in [-0.25, -0.2) is 8.42 Å². The van der Waals surface area contributed by atoms with Crippen molar-refractivity contribution in [3.05, 3.63) is 29.8 Å². The molecule has 0 atom stereocenters. The van der Waals surface area contributed by atoms with Gasteiger partial charge >= 0.3 is 0 Å². The summed E-state index contributed by atoms with van der Waals surface area (Å²) in [5.41, 5.74) is 1.11. The second-order valence-electron chi connectivity index (χ2n) is 6.28. The van der Waals surface area contributed by atoms with E-state index in [0.717, 1.165) is 38.4 Å². The highest BCUT2D eigenvalue weighted by molar-refractivity contribution is 7.88. The Morgan fingerprint density at radius 1 is 1.12 bits per heavy atom. The normalized spacial score (nSPS) is 16.1. The molecule has 132 valence electrons. The Morgan fingerprint density at radius 2 is 1.71 bits per heavy atom. The van der Waals surface area contributed by atoms with Crippen molar-refractivity contribution in [3.8, 4) is 0 Å². The van der Waals surface area contributed by atoms with Gasteiger partial charge in [0.25, 0.3) is 0 Å². The molecule has 1 N–H and O–H groups in total. The number of anilines is 1. The Balaban J connectivity index is 2.03. The van der Waals surface area contributed by atoms with Gasteiger partial charge in [-0.1, -0.05) is 19.3 Å². The lowest BCUT2D eigenvalue weighted by Crippen LogP contribution is -2.45. The van der Waals surface area contributed by atoms with Crippen molar-refractivity contribution in [2.75, 3.05) is 18.1 Å². The maximum Gasteiger partial charge on any atom is 0.239 e. The standard InChI is InChI=1S/C17H24N2O4S/c1-13(20)14-8-10-15(11-9-14)18-17(21)12-19(24(2,22)23)16-6-4-3-5-7-16/h8-11,16H,3-7,12H2,1-2H3,(H,18,21). The van der Waals surface area contributed by atoms with Gasteiger partial charge in [0, 0.05) is 17.3 Å². The number of rotatable bonds is 6. The third-order valence-electron chi connectivity index (χ3n) is 4.28. The number of nitrogens with zero attached hydrogens (tertiary/aromatic N) is 1. The van der Waals surface area contributed by atoms with Gasteiger partial charge in [0.1, 0.15) is 0 Å². The van der Waals surface area contributed by atoms with Crippen LogP contribution < -0.4 is 5.32 Å². The number of benzene rings is 1. The first-order chi connectivity index (χ1) is 11.3. The monoisotopic (exact) mass is 352 g/mol. The molecular formula is C17H24N2O4S. The Bertz CT molecular complexity index is 692. The third kappa shape index (κ3) is 5.14. The fraction of sp³-hybridized carbons (Fsp3) is 0.529. The van der Waals surface area contributed by atoms with Crippen LogP contribution in [0, 0.1) is 0 Å². The van der Waals surface area contributed by atoms with Gasteiger partial charge in [0.2, 0.25) is 15.9 Å². The Labute approximate surface area is 143 Å². The minimum atomic E-state index is -3.44. The largest absolute Gasteiger partial charge is 0.325 e. The second kappa shape index (κ2) is 7.90. The fourth-order valence-electron chi connectivity index (χ4n) is 3.02. The molecule has 6 nitrogen and oxygen atoms in total. The minimum absolute atomic E-state index is 0.0478. The van der Waals surface area contributed by atoms with E-state index in [1.54, 1.807) is 24.3 Å². The van der Waals surface area contributed by atoms with Crippen LogP contribution in [0.25, 0.3) is 0 Å². The minimum Gasteiger partial charge on any atom is -0.325 e. The van der Waals surface area contributed by atoms with Crippen molar-refractivity contribution in [2.24, 2.45) is 0 Å². The van der Waals surface area contributed by atoms with Crippen molar-refractivity contribution in [3.63, 3.8) is 0 Å². The molecule has 1 aromatic carbocycles. The summed E-state index contributed by atoms with van der Waals surface area (Å²) < 4.78 is 25.4. The molecule has 0 spiro atoms. The molecule has 1 aliphatic rings. The highest BCUT2D eigenvalue weighted by atomic mass is 32.2. The predicted octanol–water partition coefficient (Wildman–Crippen LogP) is 2.42. The molecule has 0 aromatic heterocycles. The van der Waals surface area contributed by atoms with Crippen LogP contribution in [0.15, 0.2) is 24.3 Å². The zero-order valence-electron chi connectivity index (χ0n) is 14.1. The fourth-order valence-corrected chi connectivity index (χ4v) is 4.12. The molecule has 7 heteroatoms. The first kappa shape index (κ1) is 18.6. The highest BCUT2D eigenvalue weighted by Crippen LogP contribution is 2.24. The summed E-state index contributed by atoms with van der Waals surface area (Å²) in [5.74, 6) is -0.421. The van der Waals surface area contributed by atoms with Crippen LogP contribution >= 0.6 is 0 Å². The summed E-state index contributed by atoms with van der Waals surface area (Å²) in [7, 11) is -3.44. The van der Waals surface area contributed by atoms with E-state index in [1.807, 2.05) is 0 Å². The maximum absolute atomic E-state index is 12.2. The number of hydrogen-bond acceptors (Lipinski definition) is 4. The van der Waals surface area contributed by atoms with E-state index in [9.17, 15) is 18.0 Å². The summed E-state index contributed by atoms with van der Waals surface area (Å²) in [6.07, 6.45) is 5.84. The topological polar surface area (TPSA) is 83.6 Å². The molecule has 0 heterocycles. The molecule has 2 rings (SSSR count). The molecule has 1 amide bonds. The number of ketones is 1. The molecule has 1 aliphatic carbocycles. The second-order valence-corrected chi connectivity index (χ2v) is 8.22. The van der Waals surface area contributed by atoms with Crippen molar-refractivity contribution >= 4 is 27.4 Å². The van der Waals surface area contributed by atoms with Crippen LogP contribution in [0.3, 0.4) is 0 Å². The van der Waals surface area contributed by atoms with E-state index in [-0.39, 0.29) is 24.3 Å². The number of hydrogen-bond donors (Lipinski definition) is 1.